The molecular formula is C17H32N2O2. The van der Waals surface area contributed by atoms with E-state index in [2.05, 4.69) is 5.32 Å². The summed E-state index contributed by atoms with van der Waals surface area (Å²) >= 11 is 0. The van der Waals surface area contributed by atoms with Gasteiger partial charge in [-0.25, -0.2) is 4.79 Å². The van der Waals surface area contributed by atoms with Crippen LogP contribution in [-0.2, 0) is 4.74 Å². The van der Waals surface area contributed by atoms with Crippen LogP contribution in [0.3, 0.4) is 0 Å². The first-order chi connectivity index (χ1) is 9.94. The highest BCUT2D eigenvalue weighted by atomic mass is 16.6. The molecule has 1 saturated heterocycles. The van der Waals surface area contributed by atoms with E-state index in [0.717, 1.165) is 25.9 Å². The Morgan fingerprint density at radius 2 is 1.57 bits per heavy atom. The summed E-state index contributed by atoms with van der Waals surface area (Å²) in [5, 5.41) is 3.83. The number of nitrogens with one attached hydrogen (secondary N) is 1. The molecule has 21 heavy (non-hydrogen) atoms. The highest BCUT2D eigenvalue weighted by Gasteiger charge is 2.26. The number of hydrogen-bond donors (Lipinski definition) is 1. The molecule has 1 heterocycles. The predicted octanol–water partition coefficient (Wildman–Crippen LogP) is 3.70. The van der Waals surface area contributed by atoms with Gasteiger partial charge in [-0.05, 0) is 52.9 Å². The van der Waals surface area contributed by atoms with Crippen molar-refractivity contribution in [3.05, 3.63) is 0 Å². The number of carbonyl (C=O) groups excluding carboxylic acids is 1. The SMILES string of the molecule is CC(C)(C)OC(=O)N1CCCC(NC2CCCCC2)CC1. The molecule has 0 aromatic carbocycles. The van der Waals surface area contributed by atoms with Crippen molar-refractivity contribution in [1.29, 1.82) is 0 Å². The molecule has 1 unspecified atom stereocenters. The molecule has 1 aliphatic carbocycles. The Bertz CT molecular complexity index is 332. The Morgan fingerprint density at radius 1 is 0.952 bits per heavy atom. The molecule has 0 aromatic heterocycles. The molecule has 1 atom stereocenters. The van der Waals surface area contributed by atoms with E-state index in [1.54, 1.807) is 0 Å². The maximum Gasteiger partial charge on any atom is 0.410 e. The maximum absolute atomic E-state index is 12.1. The summed E-state index contributed by atoms with van der Waals surface area (Å²) in [5.74, 6) is 0. The number of likely N-dealkylation sites (tertiary alicyclic amines) is 1. The first-order valence-electron chi connectivity index (χ1n) is 8.68. The maximum atomic E-state index is 12.1. The second kappa shape index (κ2) is 7.48. The summed E-state index contributed by atoms with van der Waals surface area (Å²) in [4.78, 5) is 14.0. The Morgan fingerprint density at radius 3 is 2.24 bits per heavy atom. The fourth-order valence-electron chi connectivity index (χ4n) is 3.37. The van der Waals surface area contributed by atoms with Gasteiger partial charge in [0.05, 0.1) is 0 Å². The van der Waals surface area contributed by atoms with Crippen LogP contribution in [0.5, 0.6) is 0 Å². The summed E-state index contributed by atoms with van der Waals surface area (Å²) in [7, 11) is 0. The average molecular weight is 296 g/mol. The quantitative estimate of drug-likeness (QED) is 0.845. The molecule has 4 nitrogen and oxygen atoms in total. The number of amides is 1. The van der Waals surface area contributed by atoms with Crippen LogP contribution in [0.2, 0.25) is 0 Å². The molecule has 2 fully saturated rings. The molecule has 1 N–H and O–H groups in total. The molecule has 0 radical (unpaired) electrons. The molecule has 0 bridgehead atoms. The third-order valence-corrected chi connectivity index (χ3v) is 4.46. The highest BCUT2D eigenvalue weighted by molar-refractivity contribution is 5.68. The van der Waals surface area contributed by atoms with Crippen molar-refractivity contribution in [3.8, 4) is 0 Å². The Kier molecular flexibility index (Phi) is 5.91. The molecule has 1 amide bonds. The molecule has 2 aliphatic rings. The molecule has 0 aromatic rings. The molecule has 0 spiro atoms. The summed E-state index contributed by atoms with van der Waals surface area (Å²) < 4.78 is 5.48. The van der Waals surface area contributed by atoms with Gasteiger partial charge < -0.3 is 15.0 Å². The van der Waals surface area contributed by atoms with Gasteiger partial charge in [-0.3, -0.25) is 0 Å². The lowest BCUT2D eigenvalue weighted by atomic mass is 9.94. The van der Waals surface area contributed by atoms with Crippen LogP contribution >= 0.6 is 0 Å². The zero-order valence-electron chi connectivity index (χ0n) is 14.0. The lowest BCUT2D eigenvalue weighted by molar-refractivity contribution is 0.0256. The van der Waals surface area contributed by atoms with Gasteiger partial charge >= 0.3 is 6.09 Å². The van der Waals surface area contributed by atoms with Gasteiger partial charge in [0.1, 0.15) is 5.60 Å². The zero-order valence-corrected chi connectivity index (χ0v) is 14.0. The van der Waals surface area contributed by atoms with Gasteiger partial charge in [0, 0.05) is 25.2 Å². The van der Waals surface area contributed by atoms with Gasteiger partial charge in [-0.2, -0.15) is 0 Å². The normalized spacial score (nSPS) is 25.5. The van der Waals surface area contributed by atoms with Crippen LogP contribution in [0, 0.1) is 0 Å². The van der Waals surface area contributed by atoms with E-state index in [-0.39, 0.29) is 6.09 Å². The Hall–Kier alpha value is -0.770. The van der Waals surface area contributed by atoms with Gasteiger partial charge in [0.2, 0.25) is 0 Å². The van der Waals surface area contributed by atoms with Crippen LogP contribution in [0.1, 0.15) is 72.1 Å². The van der Waals surface area contributed by atoms with Crippen LogP contribution in [0.25, 0.3) is 0 Å². The van der Waals surface area contributed by atoms with E-state index >= 15 is 0 Å². The van der Waals surface area contributed by atoms with Crippen LogP contribution < -0.4 is 5.32 Å². The van der Waals surface area contributed by atoms with Crippen molar-refractivity contribution in [2.75, 3.05) is 13.1 Å². The first-order valence-corrected chi connectivity index (χ1v) is 8.68. The fourth-order valence-corrected chi connectivity index (χ4v) is 3.37. The van der Waals surface area contributed by atoms with Crippen molar-refractivity contribution in [2.45, 2.75) is 89.8 Å². The summed E-state index contributed by atoms with van der Waals surface area (Å²) in [5.41, 5.74) is -0.400. The molecule has 122 valence electrons. The Labute approximate surface area is 129 Å². The average Bonchev–Trinajstić information content (AvgIpc) is 2.64. The molecule has 4 heteroatoms. The fraction of sp³-hybridized carbons (Fsp3) is 0.941. The van der Waals surface area contributed by atoms with Crippen molar-refractivity contribution < 1.29 is 9.53 Å². The van der Waals surface area contributed by atoms with Crippen molar-refractivity contribution >= 4 is 6.09 Å². The molecule has 2 rings (SSSR count). The lowest BCUT2D eigenvalue weighted by Gasteiger charge is -2.28. The van der Waals surface area contributed by atoms with E-state index in [1.165, 1.54) is 38.5 Å². The van der Waals surface area contributed by atoms with E-state index < -0.39 is 5.60 Å². The summed E-state index contributed by atoms with van der Waals surface area (Å²) in [6, 6.07) is 1.28. The van der Waals surface area contributed by atoms with Crippen molar-refractivity contribution in [3.63, 3.8) is 0 Å². The van der Waals surface area contributed by atoms with Gasteiger partial charge in [0.15, 0.2) is 0 Å². The highest BCUT2D eigenvalue weighted by Crippen LogP contribution is 2.21. The van der Waals surface area contributed by atoms with Crippen LogP contribution in [0.4, 0.5) is 4.79 Å². The third kappa shape index (κ3) is 5.85. The van der Waals surface area contributed by atoms with Crippen molar-refractivity contribution in [2.24, 2.45) is 0 Å². The van der Waals surface area contributed by atoms with Gasteiger partial charge in [0.25, 0.3) is 0 Å². The first kappa shape index (κ1) is 16.6. The number of nitrogens with zero attached hydrogens (tertiary/aromatic N) is 1. The van der Waals surface area contributed by atoms with E-state index in [1.807, 2.05) is 25.7 Å². The predicted molar refractivity (Wildman–Crippen MR) is 85.5 cm³/mol. The summed E-state index contributed by atoms with van der Waals surface area (Å²) in [6.07, 6.45) is 9.94. The number of carbonyl (C=O) groups is 1. The minimum atomic E-state index is -0.400. The van der Waals surface area contributed by atoms with Crippen LogP contribution in [-0.4, -0.2) is 41.8 Å². The number of rotatable bonds is 2. The number of ether oxygens (including phenoxy) is 1. The van der Waals surface area contributed by atoms with E-state index in [0.29, 0.717) is 12.1 Å². The number of hydrogen-bond acceptors (Lipinski definition) is 3. The minimum Gasteiger partial charge on any atom is -0.444 e. The smallest absolute Gasteiger partial charge is 0.410 e. The van der Waals surface area contributed by atoms with E-state index in [9.17, 15) is 4.79 Å². The molecular weight excluding hydrogens is 264 g/mol. The zero-order chi connectivity index (χ0) is 15.3. The molecule has 1 saturated carbocycles. The minimum absolute atomic E-state index is 0.152. The molecule has 1 aliphatic heterocycles. The Balaban J connectivity index is 1.77. The second-order valence-corrected chi connectivity index (χ2v) is 7.60. The van der Waals surface area contributed by atoms with E-state index in [4.69, 9.17) is 4.74 Å². The van der Waals surface area contributed by atoms with Crippen molar-refractivity contribution in [1.82, 2.24) is 10.2 Å². The van der Waals surface area contributed by atoms with Crippen LogP contribution in [0.15, 0.2) is 0 Å². The summed E-state index contributed by atoms with van der Waals surface area (Å²) in [6.45, 7) is 7.43. The second-order valence-electron chi connectivity index (χ2n) is 7.60. The largest absolute Gasteiger partial charge is 0.444 e. The van der Waals surface area contributed by atoms with Gasteiger partial charge in [-0.15, -0.1) is 0 Å². The topological polar surface area (TPSA) is 41.6 Å². The van der Waals surface area contributed by atoms with Gasteiger partial charge in [-0.1, -0.05) is 19.3 Å². The monoisotopic (exact) mass is 296 g/mol. The lowest BCUT2D eigenvalue weighted by Crippen LogP contribution is -2.41. The standard InChI is InChI=1S/C17H32N2O2/c1-17(2,3)21-16(20)19-12-7-10-15(11-13-19)18-14-8-5-4-6-9-14/h14-15,18H,4-13H2,1-3H3. The third-order valence-electron chi connectivity index (χ3n) is 4.46.